The molecule has 1 saturated carbocycles. The molecule has 0 radical (unpaired) electrons. The van der Waals surface area contributed by atoms with E-state index in [-0.39, 0.29) is 11.3 Å². The summed E-state index contributed by atoms with van der Waals surface area (Å²) in [6.07, 6.45) is 6.59. The van der Waals surface area contributed by atoms with Crippen LogP contribution in [0, 0.1) is 0 Å². The van der Waals surface area contributed by atoms with Gasteiger partial charge in [0.1, 0.15) is 0 Å². The first kappa shape index (κ1) is 18.8. The van der Waals surface area contributed by atoms with E-state index < -0.39 is 5.97 Å². The minimum absolute atomic E-state index is 0.0630. The molecule has 4 heterocycles. The maximum Gasteiger partial charge on any atom is 0.354 e. The molecule has 3 fully saturated rings. The van der Waals surface area contributed by atoms with E-state index in [2.05, 4.69) is 9.88 Å². The lowest BCUT2D eigenvalue weighted by Crippen LogP contribution is -2.32. The zero-order valence-electron chi connectivity index (χ0n) is 17.5. The number of benzene rings is 1. The van der Waals surface area contributed by atoms with Crippen molar-refractivity contribution < 1.29 is 14.6 Å². The molecule has 1 spiro atoms. The number of hydrogen-bond acceptors (Lipinski definition) is 5. The molecule has 7 heteroatoms. The highest BCUT2D eigenvalue weighted by molar-refractivity contribution is 5.98. The van der Waals surface area contributed by atoms with Crippen molar-refractivity contribution in [2.24, 2.45) is 0 Å². The molecule has 31 heavy (non-hydrogen) atoms. The summed E-state index contributed by atoms with van der Waals surface area (Å²) in [5, 5.41) is 15.8. The van der Waals surface area contributed by atoms with Gasteiger partial charge in [-0.15, -0.1) is 0 Å². The first-order valence-corrected chi connectivity index (χ1v) is 11.2. The van der Waals surface area contributed by atoms with Crippen LogP contribution < -0.4 is 4.90 Å². The van der Waals surface area contributed by atoms with Gasteiger partial charge in [-0.3, -0.25) is 0 Å². The predicted octanol–water partition coefficient (Wildman–Crippen LogP) is 4.15. The molecule has 1 aromatic carbocycles. The van der Waals surface area contributed by atoms with Gasteiger partial charge in [-0.1, -0.05) is 24.6 Å². The Bertz CT molecular complexity index is 1150. The molecule has 7 nitrogen and oxygen atoms in total. The average molecular weight is 418 g/mol. The number of pyridine rings is 1. The number of aromatic carboxylic acids is 1. The van der Waals surface area contributed by atoms with E-state index in [9.17, 15) is 9.90 Å². The summed E-state index contributed by atoms with van der Waals surface area (Å²) in [7, 11) is 0. The van der Waals surface area contributed by atoms with E-state index in [4.69, 9.17) is 9.84 Å². The van der Waals surface area contributed by atoms with Crippen LogP contribution in [-0.2, 0) is 4.74 Å². The Balaban J connectivity index is 1.57. The van der Waals surface area contributed by atoms with Crippen molar-refractivity contribution >= 4 is 22.7 Å². The van der Waals surface area contributed by atoms with Crippen molar-refractivity contribution in [1.82, 2.24) is 14.8 Å². The van der Waals surface area contributed by atoms with Gasteiger partial charge in [-0.25, -0.2) is 14.5 Å². The topological polar surface area (TPSA) is 80.5 Å². The van der Waals surface area contributed by atoms with Crippen LogP contribution in [0.3, 0.4) is 0 Å². The Morgan fingerprint density at radius 2 is 2.00 bits per heavy atom. The molecule has 2 saturated heterocycles. The van der Waals surface area contributed by atoms with Gasteiger partial charge in [0.25, 0.3) is 0 Å². The van der Waals surface area contributed by atoms with Crippen molar-refractivity contribution in [3.05, 3.63) is 47.8 Å². The van der Waals surface area contributed by atoms with Gasteiger partial charge in [0.2, 0.25) is 0 Å². The molecule has 1 unspecified atom stereocenters. The first-order valence-electron chi connectivity index (χ1n) is 11.2. The van der Waals surface area contributed by atoms with Crippen LogP contribution in [0.2, 0.25) is 0 Å². The number of fused-ring (bicyclic) bond motifs is 1. The summed E-state index contributed by atoms with van der Waals surface area (Å²) in [5.41, 5.74) is 3.50. The van der Waals surface area contributed by atoms with E-state index in [0.717, 1.165) is 74.3 Å². The van der Waals surface area contributed by atoms with Gasteiger partial charge >= 0.3 is 5.97 Å². The fraction of sp³-hybridized carbons (Fsp3) is 0.458. The van der Waals surface area contributed by atoms with Gasteiger partial charge in [0.15, 0.2) is 11.3 Å². The Kier molecular flexibility index (Phi) is 4.28. The molecular formula is C24H26N4O3. The molecule has 2 aromatic heterocycles. The van der Waals surface area contributed by atoms with Gasteiger partial charge in [-0.05, 0) is 50.3 Å². The van der Waals surface area contributed by atoms with Crippen molar-refractivity contribution in [1.29, 1.82) is 0 Å². The molecule has 1 aliphatic carbocycles. The molecule has 2 aliphatic heterocycles. The third-order valence-electron chi connectivity index (χ3n) is 7.20. The number of ether oxygens (including phenoxy) is 1. The van der Waals surface area contributed by atoms with Crippen molar-refractivity contribution in [2.75, 3.05) is 24.6 Å². The largest absolute Gasteiger partial charge is 0.477 e. The summed E-state index contributed by atoms with van der Waals surface area (Å²) in [5.74, 6) is -0.608. The third-order valence-corrected chi connectivity index (χ3v) is 7.20. The summed E-state index contributed by atoms with van der Waals surface area (Å²) >= 11 is 0. The van der Waals surface area contributed by atoms with Crippen LogP contribution in [0.5, 0.6) is 0 Å². The second-order valence-electron chi connectivity index (χ2n) is 9.10. The van der Waals surface area contributed by atoms with E-state index in [0.29, 0.717) is 11.6 Å². The SMILES string of the molecule is O=C(O)c1cc(N2CCC3(CCCO3)C2)c2c(C3CCC3)nn(-c3ccccc3)c2n1. The fourth-order valence-corrected chi connectivity index (χ4v) is 5.33. The standard InChI is InChI=1S/C24H26N4O3/c29-23(30)18-14-19(27-12-11-24(15-27)10-5-13-31-24)20-21(16-6-4-7-16)26-28(22(20)25-18)17-8-2-1-3-9-17/h1-3,8-9,14,16H,4-7,10-13,15H2,(H,29,30). The third kappa shape index (κ3) is 3.02. The number of para-hydroxylation sites is 1. The zero-order valence-corrected chi connectivity index (χ0v) is 17.5. The predicted molar refractivity (Wildman–Crippen MR) is 117 cm³/mol. The van der Waals surface area contributed by atoms with Crippen LogP contribution in [0.4, 0.5) is 5.69 Å². The maximum absolute atomic E-state index is 12.0. The average Bonchev–Trinajstić information content (AvgIpc) is 3.47. The molecule has 6 rings (SSSR count). The van der Waals surface area contributed by atoms with E-state index in [1.165, 1.54) is 6.42 Å². The number of hydrogen-bond donors (Lipinski definition) is 1. The number of aromatic nitrogens is 3. The Morgan fingerprint density at radius 3 is 2.68 bits per heavy atom. The lowest BCUT2D eigenvalue weighted by molar-refractivity contribution is 0.0232. The molecule has 3 aromatic rings. The van der Waals surface area contributed by atoms with Crippen molar-refractivity contribution in [2.45, 2.75) is 50.0 Å². The van der Waals surface area contributed by atoms with Crippen molar-refractivity contribution in [3.63, 3.8) is 0 Å². The highest BCUT2D eigenvalue weighted by Gasteiger charge is 2.43. The second kappa shape index (κ2) is 7.05. The fourth-order valence-electron chi connectivity index (χ4n) is 5.33. The first-order chi connectivity index (χ1) is 15.1. The van der Waals surface area contributed by atoms with Crippen LogP contribution in [-0.4, -0.2) is 51.1 Å². The summed E-state index contributed by atoms with van der Waals surface area (Å²) < 4.78 is 7.96. The smallest absolute Gasteiger partial charge is 0.354 e. The summed E-state index contributed by atoms with van der Waals surface area (Å²) in [6.45, 7) is 2.48. The molecule has 1 atom stereocenters. The van der Waals surface area contributed by atoms with Gasteiger partial charge in [-0.2, -0.15) is 5.10 Å². The van der Waals surface area contributed by atoms with E-state index >= 15 is 0 Å². The maximum atomic E-state index is 12.0. The molecule has 0 bridgehead atoms. The van der Waals surface area contributed by atoms with Crippen LogP contribution in [0.15, 0.2) is 36.4 Å². The summed E-state index contributed by atoms with van der Waals surface area (Å²) in [4.78, 5) is 18.9. The number of nitrogens with zero attached hydrogens (tertiary/aromatic N) is 4. The van der Waals surface area contributed by atoms with Gasteiger partial charge < -0.3 is 14.7 Å². The summed E-state index contributed by atoms with van der Waals surface area (Å²) in [6, 6.07) is 11.6. The number of carboxylic acids is 1. The Labute approximate surface area is 180 Å². The molecular weight excluding hydrogens is 392 g/mol. The van der Waals surface area contributed by atoms with Gasteiger partial charge in [0.05, 0.1) is 28.1 Å². The Morgan fingerprint density at radius 1 is 1.16 bits per heavy atom. The van der Waals surface area contributed by atoms with E-state index in [1.807, 2.05) is 35.0 Å². The second-order valence-corrected chi connectivity index (χ2v) is 9.10. The molecule has 3 aliphatic rings. The molecule has 0 amide bonds. The van der Waals surface area contributed by atoms with Crippen molar-refractivity contribution in [3.8, 4) is 5.69 Å². The van der Waals surface area contributed by atoms with Crippen LogP contribution in [0.1, 0.15) is 60.6 Å². The number of anilines is 1. The number of carboxylic acid groups (broad SMARTS) is 1. The van der Waals surface area contributed by atoms with Gasteiger partial charge in [0, 0.05) is 25.6 Å². The molecule has 1 N–H and O–H groups in total. The van der Waals surface area contributed by atoms with Crippen LogP contribution in [0.25, 0.3) is 16.7 Å². The minimum Gasteiger partial charge on any atom is -0.477 e. The number of rotatable bonds is 4. The zero-order chi connectivity index (χ0) is 21.0. The highest BCUT2D eigenvalue weighted by atomic mass is 16.5. The number of carbonyl (C=O) groups is 1. The molecule has 160 valence electrons. The monoisotopic (exact) mass is 418 g/mol. The Hall–Kier alpha value is -2.93. The lowest BCUT2D eigenvalue weighted by atomic mass is 9.82. The van der Waals surface area contributed by atoms with Crippen LogP contribution >= 0.6 is 0 Å². The minimum atomic E-state index is -1.01. The quantitative estimate of drug-likeness (QED) is 0.686. The highest BCUT2D eigenvalue weighted by Crippen LogP contribution is 2.45. The lowest BCUT2D eigenvalue weighted by Gasteiger charge is -2.27. The normalized spacial score (nSPS) is 23.7. The van der Waals surface area contributed by atoms with E-state index in [1.54, 1.807) is 6.07 Å².